The summed E-state index contributed by atoms with van der Waals surface area (Å²) in [5.74, 6) is 0.658. The third-order valence-electron chi connectivity index (χ3n) is 5.25. The van der Waals surface area contributed by atoms with E-state index >= 15 is 0 Å². The highest BCUT2D eigenvalue weighted by atomic mass is 35.5. The molecule has 0 bridgehead atoms. The molecule has 0 saturated carbocycles. The molecule has 0 unspecified atom stereocenters. The first-order chi connectivity index (χ1) is 17.5. The predicted octanol–water partition coefficient (Wildman–Crippen LogP) is 8.06. The second-order valence-corrected chi connectivity index (χ2v) is 9.78. The molecule has 0 spiro atoms. The van der Waals surface area contributed by atoms with Gasteiger partial charge in [0.2, 0.25) is 5.91 Å². The van der Waals surface area contributed by atoms with Crippen LogP contribution >= 0.6 is 46.8 Å². The van der Waals surface area contributed by atoms with Crippen molar-refractivity contribution >= 4 is 79.8 Å². The molecule has 2 heterocycles. The predicted molar refractivity (Wildman–Crippen MR) is 153 cm³/mol. The van der Waals surface area contributed by atoms with Crippen LogP contribution in [0.3, 0.4) is 0 Å². The van der Waals surface area contributed by atoms with Gasteiger partial charge in [-0.25, -0.2) is 4.98 Å². The molecular weight excluding hydrogens is 533 g/mol. The first-order valence-electron chi connectivity index (χ1n) is 10.8. The molecule has 5 rings (SSSR count). The van der Waals surface area contributed by atoms with E-state index in [1.165, 1.54) is 17.4 Å². The molecule has 1 amide bonds. The average molecular weight is 550 g/mol. The Morgan fingerprint density at radius 1 is 1.00 bits per heavy atom. The number of hydrogen-bond acceptors (Lipinski definition) is 5. The lowest BCUT2D eigenvalue weighted by Crippen LogP contribution is -2.32. The smallest absolute Gasteiger partial charge is 0.250 e. The molecule has 0 aliphatic carbocycles. The minimum Gasteiger partial charge on any atom is -0.457 e. The molecule has 0 aliphatic heterocycles. The monoisotopic (exact) mass is 549 g/mol. The number of carbonyl (C=O) groups is 1. The van der Waals surface area contributed by atoms with Gasteiger partial charge in [-0.2, -0.15) is 0 Å². The van der Waals surface area contributed by atoms with Gasteiger partial charge in [0.25, 0.3) is 0 Å². The summed E-state index contributed by atoms with van der Waals surface area (Å²) in [4.78, 5) is 17.0. The number of hydrogen-bond donors (Lipinski definition) is 2. The molecule has 5 aromatic rings. The minimum atomic E-state index is -0.402. The van der Waals surface area contributed by atoms with Crippen LogP contribution in [0.25, 0.3) is 39.4 Å². The van der Waals surface area contributed by atoms with Crippen molar-refractivity contribution in [2.24, 2.45) is 0 Å². The Bertz CT molecular complexity index is 1620. The Labute approximate surface area is 226 Å². The van der Waals surface area contributed by atoms with Crippen LogP contribution in [0.15, 0.2) is 88.7 Å². The molecule has 5 nitrogen and oxygen atoms in total. The topological polar surface area (TPSA) is 67.2 Å². The number of furan rings is 1. The van der Waals surface area contributed by atoms with Gasteiger partial charge in [0.1, 0.15) is 11.5 Å². The number of thiocarbonyl (C=S) groups is 1. The van der Waals surface area contributed by atoms with E-state index in [9.17, 15) is 4.79 Å². The van der Waals surface area contributed by atoms with Crippen molar-refractivity contribution in [3.8, 4) is 22.6 Å². The lowest BCUT2D eigenvalue weighted by molar-refractivity contribution is -0.115. The van der Waals surface area contributed by atoms with Crippen LogP contribution in [0.5, 0.6) is 0 Å². The van der Waals surface area contributed by atoms with Crippen LogP contribution in [-0.4, -0.2) is 16.0 Å². The molecule has 0 fully saturated rings. The number of thiazole rings is 1. The largest absolute Gasteiger partial charge is 0.457 e. The molecule has 0 aliphatic rings. The Kier molecular flexibility index (Phi) is 7.16. The van der Waals surface area contributed by atoms with Gasteiger partial charge in [-0.15, -0.1) is 11.3 Å². The maximum atomic E-state index is 12.3. The van der Waals surface area contributed by atoms with E-state index in [0.717, 1.165) is 22.0 Å². The first kappa shape index (κ1) is 24.2. The number of carbonyl (C=O) groups excluding carboxylic acids is 1. The zero-order valence-electron chi connectivity index (χ0n) is 18.5. The molecule has 2 N–H and O–H groups in total. The van der Waals surface area contributed by atoms with Gasteiger partial charge < -0.3 is 9.73 Å². The number of anilines is 1. The quantitative estimate of drug-likeness (QED) is 0.171. The number of nitrogens with one attached hydrogen (secondary N) is 2. The van der Waals surface area contributed by atoms with Gasteiger partial charge in [0.05, 0.1) is 10.7 Å². The number of fused-ring (bicyclic) bond motifs is 1. The molecular formula is C27H17Cl2N3O2S2. The van der Waals surface area contributed by atoms with Crippen LogP contribution in [0.4, 0.5) is 5.13 Å². The lowest BCUT2D eigenvalue weighted by Gasteiger charge is -2.05. The van der Waals surface area contributed by atoms with Crippen molar-refractivity contribution in [2.75, 3.05) is 5.32 Å². The van der Waals surface area contributed by atoms with Crippen molar-refractivity contribution in [2.45, 2.75) is 0 Å². The summed E-state index contributed by atoms with van der Waals surface area (Å²) in [5.41, 5.74) is 2.58. The van der Waals surface area contributed by atoms with Crippen LogP contribution in [-0.2, 0) is 4.79 Å². The standard InChI is InChI=1S/C27H17Cl2N3O2S2/c28-17-8-11-21(22(29)14-17)24-12-9-18(34-24)10-13-25(33)31-26(35)32-27-30-23(15-36-27)20-7-3-5-16-4-1-2-6-19(16)20/h1-15H,(H2,30,31,32,33,35)/b13-10+. The van der Waals surface area contributed by atoms with Crippen LogP contribution < -0.4 is 10.6 Å². The summed E-state index contributed by atoms with van der Waals surface area (Å²) in [5, 5.41) is 11.6. The van der Waals surface area contributed by atoms with Crippen molar-refractivity contribution < 1.29 is 9.21 Å². The summed E-state index contributed by atoms with van der Waals surface area (Å²) in [6.45, 7) is 0. The first-order valence-corrected chi connectivity index (χ1v) is 12.8. The molecule has 178 valence electrons. The van der Waals surface area contributed by atoms with Crippen molar-refractivity contribution in [3.63, 3.8) is 0 Å². The Balaban J connectivity index is 1.20. The lowest BCUT2D eigenvalue weighted by atomic mass is 10.0. The number of aromatic nitrogens is 1. The molecule has 3 aromatic carbocycles. The molecule has 2 aromatic heterocycles. The van der Waals surface area contributed by atoms with E-state index in [-0.39, 0.29) is 5.11 Å². The van der Waals surface area contributed by atoms with E-state index in [0.29, 0.717) is 32.3 Å². The van der Waals surface area contributed by atoms with E-state index < -0.39 is 5.91 Å². The van der Waals surface area contributed by atoms with Crippen LogP contribution in [0.2, 0.25) is 10.0 Å². The van der Waals surface area contributed by atoms with Gasteiger partial charge in [-0.1, -0.05) is 65.7 Å². The molecule has 9 heteroatoms. The number of halogens is 2. The Hall–Kier alpha value is -3.49. The third-order valence-corrected chi connectivity index (χ3v) is 6.76. The fourth-order valence-corrected chi connectivity index (χ4v) is 5.10. The van der Waals surface area contributed by atoms with Gasteiger partial charge in [-0.05, 0) is 59.4 Å². The van der Waals surface area contributed by atoms with Gasteiger partial charge in [-0.3, -0.25) is 10.1 Å². The Morgan fingerprint density at radius 2 is 1.83 bits per heavy atom. The summed E-state index contributed by atoms with van der Waals surface area (Å²) < 4.78 is 5.77. The molecule has 0 atom stereocenters. The maximum Gasteiger partial charge on any atom is 0.250 e. The zero-order valence-corrected chi connectivity index (χ0v) is 21.6. The highest BCUT2D eigenvalue weighted by Crippen LogP contribution is 2.32. The van der Waals surface area contributed by atoms with Crippen molar-refractivity contribution in [1.82, 2.24) is 10.3 Å². The summed E-state index contributed by atoms with van der Waals surface area (Å²) >= 11 is 18.9. The highest BCUT2D eigenvalue weighted by Gasteiger charge is 2.11. The number of benzene rings is 3. The summed E-state index contributed by atoms with van der Waals surface area (Å²) in [6.07, 6.45) is 2.89. The molecule has 0 saturated heterocycles. The molecule has 0 radical (unpaired) electrons. The minimum absolute atomic E-state index is 0.150. The van der Waals surface area contributed by atoms with Gasteiger partial charge >= 0.3 is 0 Å². The van der Waals surface area contributed by atoms with Crippen molar-refractivity contribution in [1.29, 1.82) is 0 Å². The third kappa shape index (κ3) is 5.50. The second-order valence-electron chi connectivity index (χ2n) is 7.67. The van der Waals surface area contributed by atoms with E-state index in [4.69, 9.17) is 39.8 Å². The van der Waals surface area contributed by atoms with E-state index in [1.807, 2.05) is 29.6 Å². The number of rotatable bonds is 5. The highest BCUT2D eigenvalue weighted by molar-refractivity contribution is 7.80. The van der Waals surface area contributed by atoms with Crippen LogP contribution in [0, 0.1) is 0 Å². The molecule has 36 heavy (non-hydrogen) atoms. The maximum absolute atomic E-state index is 12.3. The summed E-state index contributed by atoms with van der Waals surface area (Å²) in [7, 11) is 0. The number of amides is 1. The fraction of sp³-hybridized carbons (Fsp3) is 0. The SMILES string of the molecule is O=C(/C=C/c1ccc(-c2ccc(Cl)cc2Cl)o1)NC(=S)Nc1nc(-c2cccc3ccccc23)cs1. The van der Waals surface area contributed by atoms with Crippen LogP contribution in [0.1, 0.15) is 5.76 Å². The van der Waals surface area contributed by atoms with Gasteiger partial charge in [0, 0.05) is 27.6 Å². The van der Waals surface area contributed by atoms with E-state index in [2.05, 4.69) is 33.8 Å². The zero-order chi connectivity index (χ0) is 25.1. The normalized spacial score (nSPS) is 11.2. The van der Waals surface area contributed by atoms with Crippen molar-refractivity contribution in [3.05, 3.63) is 100 Å². The van der Waals surface area contributed by atoms with Gasteiger partial charge in [0.15, 0.2) is 10.2 Å². The Morgan fingerprint density at radius 3 is 2.69 bits per heavy atom. The second kappa shape index (κ2) is 10.6. The van der Waals surface area contributed by atoms with E-state index in [1.54, 1.807) is 36.4 Å². The summed E-state index contributed by atoms with van der Waals surface area (Å²) in [6, 6.07) is 22.9. The average Bonchev–Trinajstić information content (AvgIpc) is 3.52. The number of nitrogens with zero attached hydrogens (tertiary/aromatic N) is 1. The fourth-order valence-electron chi connectivity index (χ4n) is 3.62.